The molecule has 0 aliphatic rings. The van der Waals surface area contributed by atoms with Crippen LogP contribution in [-0.4, -0.2) is 5.11 Å². The summed E-state index contributed by atoms with van der Waals surface area (Å²) in [6.45, 7) is 2.08. The monoisotopic (exact) mass is 310 g/mol. The van der Waals surface area contributed by atoms with Gasteiger partial charge in [0, 0.05) is 15.4 Å². The van der Waals surface area contributed by atoms with Gasteiger partial charge in [-0.2, -0.15) is 11.3 Å². The third kappa shape index (κ3) is 3.41. The second kappa shape index (κ2) is 5.80. The minimum atomic E-state index is -0.378. The van der Waals surface area contributed by atoms with Gasteiger partial charge in [-0.1, -0.05) is 29.8 Å². The van der Waals surface area contributed by atoms with Crippen LogP contribution in [0.1, 0.15) is 29.2 Å². The summed E-state index contributed by atoms with van der Waals surface area (Å²) in [5.41, 5.74) is 3.55. The predicted molar refractivity (Wildman–Crippen MR) is 76.5 cm³/mol. The molecular formula is C14H15BrOS. The van der Waals surface area contributed by atoms with Crippen LogP contribution in [0.15, 0.2) is 39.5 Å². The second-order valence-electron chi connectivity index (χ2n) is 4.22. The summed E-state index contributed by atoms with van der Waals surface area (Å²) in [5.74, 6) is 0. The van der Waals surface area contributed by atoms with E-state index in [1.165, 1.54) is 11.1 Å². The molecule has 0 fully saturated rings. The van der Waals surface area contributed by atoms with Crippen molar-refractivity contribution in [2.24, 2.45) is 0 Å². The van der Waals surface area contributed by atoms with Crippen LogP contribution in [0.5, 0.6) is 0 Å². The molecule has 0 aliphatic heterocycles. The fourth-order valence-electron chi connectivity index (χ4n) is 1.74. The Morgan fingerprint density at radius 1 is 1.24 bits per heavy atom. The van der Waals surface area contributed by atoms with Crippen molar-refractivity contribution < 1.29 is 5.11 Å². The first-order valence-electron chi connectivity index (χ1n) is 5.62. The lowest BCUT2D eigenvalue weighted by Crippen LogP contribution is -1.99. The molecule has 1 N–H and O–H groups in total. The van der Waals surface area contributed by atoms with Crippen molar-refractivity contribution in [3.63, 3.8) is 0 Å². The van der Waals surface area contributed by atoms with Crippen molar-refractivity contribution in [3.05, 3.63) is 56.2 Å². The quantitative estimate of drug-likeness (QED) is 0.882. The van der Waals surface area contributed by atoms with Gasteiger partial charge in [-0.25, -0.2) is 0 Å². The molecule has 1 aromatic heterocycles. The Balaban J connectivity index is 1.94. The molecule has 0 amide bonds. The second-order valence-corrected chi connectivity index (χ2v) is 5.81. The van der Waals surface area contributed by atoms with Crippen LogP contribution in [0.2, 0.25) is 0 Å². The standard InChI is InChI=1S/C14H15BrOS/c1-10-2-4-11(5-3-10)6-7-14(16)12-8-17-9-13(12)15/h2-5,8-9,14,16H,6-7H2,1H3. The maximum absolute atomic E-state index is 10.1. The highest BCUT2D eigenvalue weighted by atomic mass is 79.9. The zero-order chi connectivity index (χ0) is 12.3. The average molecular weight is 311 g/mol. The van der Waals surface area contributed by atoms with E-state index in [4.69, 9.17) is 0 Å². The summed E-state index contributed by atoms with van der Waals surface area (Å²) in [5, 5.41) is 14.1. The van der Waals surface area contributed by atoms with Gasteiger partial charge in [0.25, 0.3) is 0 Å². The van der Waals surface area contributed by atoms with Gasteiger partial charge in [0.15, 0.2) is 0 Å². The Labute approximate surface area is 114 Å². The number of benzene rings is 1. The van der Waals surface area contributed by atoms with Crippen molar-refractivity contribution in [1.29, 1.82) is 0 Å². The highest BCUT2D eigenvalue weighted by molar-refractivity contribution is 9.10. The fraction of sp³-hybridized carbons (Fsp3) is 0.286. The summed E-state index contributed by atoms with van der Waals surface area (Å²) in [6, 6.07) is 8.49. The molecule has 0 bridgehead atoms. The Morgan fingerprint density at radius 2 is 1.94 bits per heavy atom. The van der Waals surface area contributed by atoms with Crippen LogP contribution in [-0.2, 0) is 6.42 Å². The van der Waals surface area contributed by atoms with Gasteiger partial charge in [-0.05, 0) is 46.6 Å². The molecule has 1 unspecified atom stereocenters. The number of aliphatic hydroxyl groups excluding tert-OH is 1. The zero-order valence-electron chi connectivity index (χ0n) is 9.69. The van der Waals surface area contributed by atoms with Crippen LogP contribution in [0.4, 0.5) is 0 Å². The van der Waals surface area contributed by atoms with Crippen molar-refractivity contribution in [1.82, 2.24) is 0 Å². The van der Waals surface area contributed by atoms with E-state index in [0.29, 0.717) is 0 Å². The number of halogens is 1. The van der Waals surface area contributed by atoms with E-state index in [1.54, 1.807) is 11.3 Å². The molecular weight excluding hydrogens is 296 g/mol. The van der Waals surface area contributed by atoms with E-state index in [1.807, 2.05) is 10.8 Å². The molecule has 0 spiro atoms. The zero-order valence-corrected chi connectivity index (χ0v) is 12.1. The molecule has 2 rings (SSSR count). The van der Waals surface area contributed by atoms with E-state index < -0.39 is 0 Å². The van der Waals surface area contributed by atoms with Crippen LogP contribution in [0.3, 0.4) is 0 Å². The number of aryl methyl sites for hydroxylation is 2. The van der Waals surface area contributed by atoms with E-state index in [9.17, 15) is 5.11 Å². The van der Waals surface area contributed by atoms with Crippen LogP contribution in [0.25, 0.3) is 0 Å². The summed E-state index contributed by atoms with van der Waals surface area (Å²) in [7, 11) is 0. The Hall–Kier alpha value is -0.640. The number of rotatable bonds is 4. The Morgan fingerprint density at radius 3 is 2.53 bits per heavy atom. The lowest BCUT2D eigenvalue weighted by molar-refractivity contribution is 0.167. The SMILES string of the molecule is Cc1ccc(CCC(O)c2cscc2Br)cc1. The van der Waals surface area contributed by atoms with Crippen LogP contribution in [0, 0.1) is 6.92 Å². The number of hydrogen-bond acceptors (Lipinski definition) is 2. The van der Waals surface area contributed by atoms with E-state index in [-0.39, 0.29) is 6.10 Å². The minimum absolute atomic E-state index is 0.378. The molecule has 0 saturated heterocycles. The topological polar surface area (TPSA) is 20.2 Å². The molecule has 1 aromatic carbocycles. The molecule has 1 nitrogen and oxygen atoms in total. The van der Waals surface area contributed by atoms with Crippen molar-refractivity contribution in [2.75, 3.05) is 0 Å². The van der Waals surface area contributed by atoms with Crippen molar-refractivity contribution in [3.8, 4) is 0 Å². The Kier molecular flexibility index (Phi) is 4.37. The van der Waals surface area contributed by atoms with Crippen molar-refractivity contribution in [2.45, 2.75) is 25.9 Å². The molecule has 17 heavy (non-hydrogen) atoms. The maximum Gasteiger partial charge on any atom is 0.0812 e. The van der Waals surface area contributed by atoms with E-state index in [2.05, 4.69) is 47.1 Å². The number of thiophene rings is 1. The molecule has 0 saturated carbocycles. The third-order valence-electron chi connectivity index (χ3n) is 2.83. The molecule has 0 aliphatic carbocycles. The van der Waals surface area contributed by atoms with Gasteiger partial charge in [-0.3, -0.25) is 0 Å². The molecule has 2 aromatic rings. The summed E-state index contributed by atoms with van der Waals surface area (Å²) in [4.78, 5) is 0. The summed E-state index contributed by atoms with van der Waals surface area (Å²) in [6.07, 6.45) is 1.29. The summed E-state index contributed by atoms with van der Waals surface area (Å²) < 4.78 is 1.01. The Bertz CT molecular complexity index is 475. The first-order valence-corrected chi connectivity index (χ1v) is 7.35. The molecule has 0 radical (unpaired) electrons. The van der Waals surface area contributed by atoms with E-state index >= 15 is 0 Å². The number of hydrogen-bond donors (Lipinski definition) is 1. The highest BCUT2D eigenvalue weighted by Crippen LogP contribution is 2.29. The van der Waals surface area contributed by atoms with Gasteiger partial charge in [0.1, 0.15) is 0 Å². The largest absolute Gasteiger partial charge is 0.388 e. The molecule has 3 heteroatoms. The number of aliphatic hydroxyl groups is 1. The van der Waals surface area contributed by atoms with Gasteiger partial charge in [0.05, 0.1) is 6.10 Å². The average Bonchev–Trinajstić information content (AvgIpc) is 2.74. The normalized spacial score (nSPS) is 12.6. The molecule has 1 atom stereocenters. The third-order valence-corrected chi connectivity index (χ3v) is 4.58. The first-order chi connectivity index (χ1) is 8.16. The molecule has 1 heterocycles. The smallest absolute Gasteiger partial charge is 0.0812 e. The maximum atomic E-state index is 10.1. The van der Waals surface area contributed by atoms with Crippen LogP contribution >= 0.6 is 27.3 Å². The van der Waals surface area contributed by atoms with Gasteiger partial charge in [0.2, 0.25) is 0 Å². The predicted octanol–water partition coefficient (Wildman–Crippen LogP) is 4.49. The lowest BCUT2D eigenvalue weighted by Gasteiger charge is -2.10. The minimum Gasteiger partial charge on any atom is -0.388 e. The van der Waals surface area contributed by atoms with Gasteiger partial charge >= 0.3 is 0 Å². The van der Waals surface area contributed by atoms with Crippen LogP contribution < -0.4 is 0 Å². The lowest BCUT2D eigenvalue weighted by atomic mass is 10.0. The molecule has 90 valence electrons. The summed E-state index contributed by atoms with van der Waals surface area (Å²) >= 11 is 5.06. The van der Waals surface area contributed by atoms with Gasteiger partial charge in [-0.15, -0.1) is 0 Å². The first kappa shape index (κ1) is 12.8. The van der Waals surface area contributed by atoms with E-state index in [0.717, 1.165) is 22.9 Å². The highest BCUT2D eigenvalue weighted by Gasteiger charge is 2.11. The van der Waals surface area contributed by atoms with Crippen molar-refractivity contribution >= 4 is 27.3 Å². The van der Waals surface area contributed by atoms with Gasteiger partial charge < -0.3 is 5.11 Å². The fourth-order valence-corrected chi connectivity index (χ4v) is 3.35.